The van der Waals surface area contributed by atoms with Crippen LogP contribution in [0.4, 0.5) is 0 Å². The lowest BCUT2D eigenvalue weighted by atomic mass is 10.1. The van der Waals surface area contributed by atoms with Gasteiger partial charge in [-0.15, -0.1) is 0 Å². The topological polar surface area (TPSA) is 35.0 Å². The average Bonchev–Trinajstić information content (AvgIpc) is 2.25. The van der Waals surface area contributed by atoms with Crippen LogP contribution in [0.5, 0.6) is 5.75 Å². The van der Waals surface area contributed by atoms with E-state index in [0.717, 1.165) is 22.6 Å². The molecule has 0 aliphatic heterocycles. The van der Waals surface area contributed by atoms with Gasteiger partial charge < -0.3 is 4.74 Å². The first-order valence-corrected chi connectivity index (χ1v) is 6.61. The Morgan fingerprint density at radius 1 is 1.00 bits per heavy atom. The number of ether oxygens (including phenoxy) is 1. The zero-order chi connectivity index (χ0) is 14.0. The van der Waals surface area contributed by atoms with E-state index < -0.39 is 0 Å². The third-order valence-electron chi connectivity index (χ3n) is 2.64. The summed E-state index contributed by atoms with van der Waals surface area (Å²) in [5, 5.41) is 1.13. The van der Waals surface area contributed by atoms with E-state index in [2.05, 4.69) is 9.97 Å². The average molecular weight is 297 g/mol. The number of halogens is 2. The van der Waals surface area contributed by atoms with Crippen LogP contribution in [-0.2, 0) is 6.61 Å². The molecule has 0 spiro atoms. The van der Waals surface area contributed by atoms with E-state index in [1.165, 1.54) is 0 Å². The van der Waals surface area contributed by atoms with Crippen molar-refractivity contribution in [2.24, 2.45) is 0 Å². The van der Waals surface area contributed by atoms with E-state index >= 15 is 0 Å². The molecule has 0 bridgehead atoms. The first-order chi connectivity index (χ1) is 8.95. The second kappa shape index (κ2) is 5.76. The normalized spacial score (nSPS) is 10.6. The summed E-state index contributed by atoms with van der Waals surface area (Å²) >= 11 is 11.9. The van der Waals surface area contributed by atoms with Crippen molar-refractivity contribution in [1.82, 2.24) is 9.97 Å². The van der Waals surface area contributed by atoms with Gasteiger partial charge in [-0.3, -0.25) is 0 Å². The molecule has 0 N–H and O–H groups in total. The van der Waals surface area contributed by atoms with Crippen molar-refractivity contribution in [2.75, 3.05) is 0 Å². The fourth-order valence-electron chi connectivity index (χ4n) is 1.92. The van der Waals surface area contributed by atoms with Crippen molar-refractivity contribution in [1.29, 1.82) is 0 Å². The van der Waals surface area contributed by atoms with Crippen LogP contribution < -0.4 is 4.74 Å². The molecule has 1 heterocycles. The van der Waals surface area contributed by atoms with Crippen molar-refractivity contribution in [3.05, 3.63) is 51.0 Å². The lowest BCUT2D eigenvalue weighted by Gasteiger charge is -2.12. The molecule has 2 rings (SSSR count). The summed E-state index contributed by atoms with van der Waals surface area (Å²) in [6.07, 6.45) is 0. The van der Waals surface area contributed by atoms with Crippen molar-refractivity contribution in [2.45, 2.75) is 27.4 Å². The summed E-state index contributed by atoms with van der Waals surface area (Å²) in [6, 6.07) is 5.45. The van der Waals surface area contributed by atoms with Gasteiger partial charge in [-0.25, -0.2) is 9.97 Å². The molecular weight excluding hydrogens is 283 g/mol. The number of nitrogens with zero attached hydrogens (tertiary/aromatic N) is 2. The third-order valence-corrected chi connectivity index (χ3v) is 3.05. The van der Waals surface area contributed by atoms with Gasteiger partial charge in [0, 0.05) is 10.7 Å². The second-order valence-electron chi connectivity index (χ2n) is 4.41. The molecule has 19 heavy (non-hydrogen) atoms. The number of rotatable bonds is 3. The summed E-state index contributed by atoms with van der Waals surface area (Å²) in [5.41, 5.74) is 2.80. The van der Waals surface area contributed by atoms with Crippen LogP contribution in [-0.4, -0.2) is 9.97 Å². The number of hydrogen-bond acceptors (Lipinski definition) is 3. The Morgan fingerprint density at radius 3 is 2.21 bits per heavy atom. The molecule has 5 heteroatoms. The molecule has 100 valence electrons. The molecule has 1 aromatic carbocycles. The standard InChI is InChI=1S/C14H14Cl2N2O/c1-8-4-11(15)5-9(2)14(8)19-7-13-17-10(3)6-12(16)18-13/h4-6H,7H2,1-3H3. The maximum Gasteiger partial charge on any atom is 0.167 e. The lowest BCUT2D eigenvalue weighted by Crippen LogP contribution is -2.04. The first-order valence-electron chi connectivity index (χ1n) is 5.85. The fraction of sp³-hybridized carbons (Fsp3) is 0.286. The fourth-order valence-corrected chi connectivity index (χ4v) is 2.50. The van der Waals surface area contributed by atoms with Gasteiger partial charge in [0.05, 0.1) is 0 Å². The van der Waals surface area contributed by atoms with Gasteiger partial charge in [0.2, 0.25) is 0 Å². The van der Waals surface area contributed by atoms with Crippen LogP contribution in [0.15, 0.2) is 18.2 Å². The summed E-state index contributed by atoms with van der Waals surface area (Å²) in [4.78, 5) is 8.41. The smallest absolute Gasteiger partial charge is 0.167 e. The highest BCUT2D eigenvalue weighted by molar-refractivity contribution is 6.30. The van der Waals surface area contributed by atoms with E-state index in [1.54, 1.807) is 6.07 Å². The zero-order valence-electron chi connectivity index (χ0n) is 11.0. The van der Waals surface area contributed by atoms with Crippen molar-refractivity contribution in [3.63, 3.8) is 0 Å². The maximum absolute atomic E-state index is 5.98. The van der Waals surface area contributed by atoms with Gasteiger partial charge in [0.1, 0.15) is 17.5 Å². The van der Waals surface area contributed by atoms with Crippen molar-refractivity contribution < 1.29 is 4.74 Å². The summed E-state index contributed by atoms with van der Waals surface area (Å²) in [6.45, 7) is 6.07. The van der Waals surface area contributed by atoms with Crippen LogP contribution >= 0.6 is 23.2 Å². The number of aromatic nitrogens is 2. The molecule has 1 aromatic heterocycles. The molecule has 0 amide bonds. The van der Waals surface area contributed by atoms with Gasteiger partial charge in [-0.05, 0) is 50.1 Å². The molecular formula is C14H14Cl2N2O. The molecule has 0 aliphatic carbocycles. The predicted molar refractivity (Wildman–Crippen MR) is 77.0 cm³/mol. The van der Waals surface area contributed by atoms with Gasteiger partial charge in [-0.2, -0.15) is 0 Å². The summed E-state index contributed by atoms with van der Waals surface area (Å²) < 4.78 is 5.78. The van der Waals surface area contributed by atoms with Gasteiger partial charge in [0.25, 0.3) is 0 Å². The Balaban J connectivity index is 2.19. The van der Waals surface area contributed by atoms with E-state index in [9.17, 15) is 0 Å². The van der Waals surface area contributed by atoms with Crippen molar-refractivity contribution in [3.8, 4) is 5.75 Å². The number of hydrogen-bond donors (Lipinski definition) is 0. The molecule has 0 saturated carbocycles. The largest absolute Gasteiger partial charge is 0.485 e. The van der Waals surface area contributed by atoms with Crippen molar-refractivity contribution >= 4 is 23.2 Å². The van der Waals surface area contributed by atoms with Crippen LogP contribution in [0, 0.1) is 20.8 Å². The highest BCUT2D eigenvalue weighted by Crippen LogP contribution is 2.27. The highest BCUT2D eigenvalue weighted by atomic mass is 35.5. The van der Waals surface area contributed by atoms with Gasteiger partial charge >= 0.3 is 0 Å². The van der Waals surface area contributed by atoms with Crippen LogP contribution in [0.3, 0.4) is 0 Å². The first kappa shape index (κ1) is 14.1. The zero-order valence-corrected chi connectivity index (χ0v) is 12.5. The molecule has 0 fully saturated rings. The van der Waals surface area contributed by atoms with E-state index in [0.29, 0.717) is 16.0 Å². The second-order valence-corrected chi connectivity index (χ2v) is 5.23. The van der Waals surface area contributed by atoms with Gasteiger partial charge in [0.15, 0.2) is 5.82 Å². The number of aryl methyl sites for hydroxylation is 3. The quantitative estimate of drug-likeness (QED) is 0.793. The number of benzene rings is 1. The van der Waals surface area contributed by atoms with E-state index in [4.69, 9.17) is 27.9 Å². The predicted octanol–water partition coefficient (Wildman–Crippen LogP) is 4.29. The molecule has 0 unspecified atom stereocenters. The highest BCUT2D eigenvalue weighted by Gasteiger charge is 2.08. The maximum atomic E-state index is 5.98. The summed E-state index contributed by atoms with van der Waals surface area (Å²) in [7, 11) is 0. The Labute approximate surface area is 122 Å². The Bertz CT molecular complexity index is 571. The minimum Gasteiger partial charge on any atom is -0.485 e. The van der Waals surface area contributed by atoms with Gasteiger partial charge in [-0.1, -0.05) is 23.2 Å². The Morgan fingerprint density at radius 2 is 1.63 bits per heavy atom. The molecule has 3 nitrogen and oxygen atoms in total. The molecule has 0 atom stereocenters. The minimum absolute atomic E-state index is 0.282. The molecule has 0 aliphatic rings. The van der Waals surface area contributed by atoms with Crippen LogP contribution in [0.2, 0.25) is 10.2 Å². The lowest BCUT2D eigenvalue weighted by molar-refractivity contribution is 0.291. The SMILES string of the molecule is Cc1cc(Cl)nc(COc2c(C)cc(Cl)cc2C)n1. The molecule has 2 aromatic rings. The van der Waals surface area contributed by atoms with Crippen LogP contribution in [0.1, 0.15) is 22.6 Å². The molecule has 0 radical (unpaired) electrons. The Hall–Kier alpha value is -1.32. The Kier molecular flexibility index (Phi) is 4.27. The monoisotopic (exact) mass is 296 g/mol. The van der Waals surface area contributed by atoms with E-state index in [1.807, 2.05) is 32.9 Å². The summed E-state index contributed by atoms with van der Waals surface area (Å²) in [5.74, 6) is 1.38. The van der Waals surface area contributed by atoms with Crippen LogP contribution in [0.25, 0.3) is 0 Å². The molecule has 0 saturated heterocycles. The minimum atomic E-state index is 0.282. The van der Waals surface area contributed by atoms with E-state index in [-0.39, 0.29) is 6.61 Å². The third kappa shape index (κ3) is 3.58.